The predicted molar refractivity (Wildman–Crippen MR) is 83.3 cm³/mol. The zero-order chi connectivity index (χ0) is 18.2. The van der Waals surface area contributed by atoms with E-state index in [1.54, 1.807) is 0 Å². The van der Waals surface area contributed by atoms with E-state index in [4.69, 9.17) is 9.47 Å². The van der Waals surface area contributed by atoms with Crippen molar-refractivity contribution in [3.8, 4) is 11.6 Å². The summed E-state index contributed by atoms with van der Waals surface area (Å²) >= 11 is 0. The molecule has 0 spiro atoms. The summed E-state index contributed by atoms with van der Waals surface area (Å²) in [6.45, 7) is 0. The first kappa shape index (κ1) is 16.9. The third-order valence-corrected chi connectivity index (χ3v) is 4.39. The van der Waals surface area contributed by atoms with Gasteiger partial charge in [-0.15, -0.1) is 5.10 Å². The van der Waals surface area contributed by atoms with Gasteiger partial charge in [-0.3, -0.25) is 4.72 Å². The number of rotatable bonds is 5. The van der Waals surface area contributed by atoms with E-state index in [-0.39, 0.29) is 17.3 Å². The number of ether oxygens (including phenoxy) is 2. The minimum atomic E-state index is -4.45. The summed E-state index contributed by atoms with van der Waals surface area (Å²) < 4.78 is 65.3. The number of sulfonamides is 1. The molecule has 3 rings (SSSR count). The maximum absolute atomic E-state index is 13.7. The van der Waals surface area contributed by atoms with Gasteiger partial charge >= 0.3 is 0 Å². The second kappa shape index (κ2) is 6.16. The van der Waals surface area contributed by atoms with Crippen LogP contribution < -0.4 is 14.2 Å². The number of anilines is 1. The van der Waals surface area contributed by atoms with E-state index in [1.807, 2.05) is 4.72 Å². The second-order valence-corrected chi connectivity index (χ2v) is 6.35. The number of nitrogens with zero attached hydrogens (tertiary/aromatic N) is 3. The number of fused-ring (bicyclic) bond motifs is 1. The molecule has 2 heterocycles. The quantitative estimate of drug-likeness (QED) is 0.736. The molecule has 8 nitrogen and oxygen atoms in total. The monoisotopic (exact) mass is 370 g/mol. The Morgan fingerprint density at radius 3 is 2.36 bits per heavy atom. The van der Waals surface area contributed by atoms with Gasteiger partial charge < -0.3 is 9.47 Å². The number of aromatic nitrogens is 3. The summed E-state index contributed by atoms with van der Waals surface area (Å²) in [4.78, 5) is 3.87. The van der Waals surface area contributed by atoms with Crippen LogP contribution in [0.5, 0.6) is 11.6 Å². The van der Waals surface area contributed by atoms with Gasteiger partial charge in [0.25, 0.3) is 15.2 Å². The van der Waals surface area contributed by atoms with Crippen molar-refractivity contribution in [2.24, 2.45) is 0 Å². The van der Waals surface area contributed by atoms with Gasteiger partial charge in [-0.1, -0.05) is 6.07 Å². The van der Waals surface area contributed by atoms with Gasteiger partial charge in [0.1, 0.15) is 17.3 Å². The Morgan fingerprint density at radius 2 is 1.76 bits per heavy atom. The predicted octanol–water partition coefficient (Wildman–Crippen LogP) is 1.83. The first-order valence-corrected chi connectivity index (χ1v) is 8.30. The number of nitrogens with one attached hydrogen (secondary N) is 1. The molecule has 25 heavy (non-hydrogen) atoms. The van der Waals surface area contributed by atoms with Crippen LogP contribution in [0, 0.1) is 11.6 Å². The minimum Gasteiger partial charge on any atom is -0.493 e. The third-order valence-electron chi connectivity index (χ3n) is 3.26. The topological polar surface area (TPSA) is 94.8 Å². The highest BCUT2D eigenvalue weighted by molar-refractivity contribution is 7.92. The van der Waals surface area contributed by atoms with Crippen LogP contribution in [-0.2, 0) is 10.0 Å². The van der Waals surface area contributed by atoms with E-state index in [0.717, 1.165) is 22.7 Å². The normalized spacial score (nSPS) is 11.5. The molecule has 0 unspecified atom stereocenters. The summed E-state index contributed by atoms with van der Waals surface area (Å²) in [6, 6.07) is 5.97. The lowest BCUT2D eigenvalue weighted by molar-refractivity contribution is 0.378. The maximum atomic E-state index is 13.7. The van der Waals surface area contributed by atoms with Crippen LogP contribution >= 0.6 is 0 Å². The highest BCUT2D eigenvalue weighted by Crippen LogP contribution is 2.26. The van der Waals surface area contributed by atoms with E-state index in [2.05, 4.69) is 10.1 Å². The summed E-state index contributed by atoms with van der Waals surface area (Å²) in [5.41, 5.74) is -0.753. The van der Waals surface area contributed by atoms with Gasteiger partial charge in [0.15, 0.2) is 5.75 Å². The molecule has 132 valence electrons. The summed E-state index contributed by atoms with van der Waals surface area (Å²) in [6.07, 6.45) is 0. The van der Waals surface area contributed by atoms with Crippen LogP contribution in [0.4, 0.5) is 14.5 Å². The lowest BCUT2D eigenvalue weighted by atomic mass is 10.3. The second-order valence-electron chi connectivity index (χ2n) is 4.78. The molecule has 1 aromatic carbocycles. The van der Waals surface area contributed by atoms with E-state index < -0.39 is 32.5 Å². The largest absolute Gasteiger partial charge is 0.493 e. The van der Waals surface area contributed by atoms with Crippen LogP contribution in [0.3, 0.4) is 0 Å². The molecule has 0 aliphatic rings. The minimum absolute atomic E-state index is 0.0660. The highest BCUT2D eigenvalue weighted by Gasteiger charge is 2.25. The standard InChI is InChI=1S/C14H12F2N4O4S/c1-23-10-6-7-11(24-2)20-13(10)17-14(18-20)25(21,22)19-12-8(15)4-3-5-9(12)16/h3-7,19H,1-2H3. The number of benzene rings is 1. The third kappa shape index (κ3) is 2.93. The zero-order valence-corrected chi connectivity index (χ0v) is 13.8. The fourth-order valence-electron chi connectivity index (χ4n) is 2.10. The Morgan fingerprint density at radius 1 is 1.08 bits per heavy atom. The Kier molecular flexibility index (Phi) is 4.17. The molecule has 0 saturated heterocycles. The van der Waals surface area contributed by atoms with Gasteiger partial charge in [0.2, 0.25) is 11.5 Å². The average molecular weight is 370 g/mol. The van der Waals surface area contributed by atoms with E-state index >= 15 is 0 Å². The average Bonchev–Trinajstić information content (AvgIpc) is 3.04. The molecular formula is C14H12F2N4O4S. The van der Waals surface area contributed by atoms with E-state index in [1.165, 1.54) is 26.4 Å². The smallest absolute Gasteiger partial charge is 0.299 e. The molecule has 0 aliphatic heterocycles. The molecule has 3 aromatic rings. The van der Waals surface area contributed by atoms with Gasteiger partial charge in [-0.25, -0.2) is 8.78 Å². The lowest BCUT2D eigenvalue weighted by Gasteiger charge is -2.06. The van der Waals surface area contributed by atoms with Crippen LogP contribution in [0.25, 0.3) is 5.65 Å². The number of para-hydroxylation sites is 1. The first-order valence-electron chi connectivity index (χ1n) is 6.82. The fraction of sp³-hybridized carbons (Fsp3) is 0.143. The molecule has 0 bridgehead atoms. The van der Waals surface area contributed by atoms with Crippen molar-refractivity contribution in [1.29, 1.82) is 0 Å². The van der Waals surface area contributed by atoms with Gasteiger partial charge in [-0.05, 0) is 18.2 Å². The highest BCUT2D eigenvalue weighted by atomic mass is 32.2. The Bertz CT molecular complexity index is 991. The van der Waals surface area contributed by atoms with E-state index in [9.17, 15) is 17.2 Å². The molecule has 0 saturated carbocycles. The maximum Gasteiger partial charge on any atom is 0.299 e. The molecule has 2 aromatic heterocycles. The first-order chi connectivity index (χ1) is 11.9. The summed E-state index contributed by atoms with van der Waals surface area (Å²) in [5, 5.41) is 3.13. The number of hydrogen-bond donors (Lipinski definition) is 1. The zero-order valence-electron chi connectivity index (χ0n) is 13.0. The SMILES string of the molecule is COc1ccc(OC)n2nc(S(=O)(=O)Nc3c(F)cccc3F)nc12. The van der Waals surface area contributed by atoms with Crippen LogP contribution in [0.1, 0.15) is 0 Å². The number of halogens is 2. The van der Waals surface area contributed by atoms with Crippen LogP contribution in [-0.4, -0.2) is 37.2 Å². The molecule has 0 radical (unpaired) electrons. The number of pyridine rings is 1. The van der Waals surface area contributed by atoms with Gasteiger partial charge in [0, 0.05) is 6.07 Å². The Balaban J connectivity index is 2.12. The van der Waals surface area contributed by atoms with Crippen molar-refractivity contribution in [2.75, 3.05) is 18.9 Å². The van der Waals surface area contributed by atoms with E-state index in [0.29, 0.717) is 0 Å². The van der Waals surface area contributed by atoms with Gasteiger partial charge in [-0.2, -0.15) is 17.9 Å². The molecule has 0 atom stereocenters. The number of methoxy groups -OCH3 is 2. The van der Waals surface area contributed by atoms with Crippen molar-refractivity contribution in [1.82, 2.24) is 14.6 Å². The molecule has 0 fully saturated rings. The Hall–Kier alpha value is -2.95. The number of hydrogen-bond acceptors (Lipinski definition) is 6. The lowest BCUT2D eigenvalue weighted by Crippen LogP contribution is -2.16. The van der Waals surface area contributed by atoms with Crippen molar-refractivity contribution >= 4 is 21.4 Å². The molecular weight excluding hydrogens is 358 g/mol. The fourth-order valence-corrected chi connectivity index (χ4v) is 3.05. The molecule has 0 amide bonds. The summed E-state index contributed by atoms with van der Waals surface area (Å²) in [5.74, 6) is -1.70. The van der Waals surface area contributed by atoms with Crippen molar-refractivity contribution in [3.05, 3.63) is 42.0 Å². The van der Waals surface area contributed by atoms with Crippen LogP contribution in [0.15, 0.2) is 35.5 Å². The molecule has 11 heteroatoms. The van der Waals surface area contributed by atoms with Gasteiger partial charge in [0.05, 0.1) is 14.2 Å². The summed E-state index contributed by atoms with van der Waals surface area (Å²) in [7, 11) is -1.72. The molecule has 0 aliphatic carbocycles. The van der Waals surface area contributed by atoms with Crippen molar-refractivity contribution in [3.63, 3.8) is 0 Å². The van der Waals surface area contributed by atoms with Crippen molar-refractivity contribution in [2.45, 2.75) is 5.16 Å². The molecule has 1 N–H and O–H groups in total. The Labute approximate surface area is 141 Å². The van der Waals surface area contributed by atoms with Crippen molar-refractivity contribution < 1.29 is 26.7 Å². The van der Waals surface area contributed by atoms with Crippen LogP contribution in [0.2, 0.25) is 0 Å².